The van der Waals surface area contributed by atoms with Gasteiger partial charge in [-0.3, -0.25) is 0 Å². The van der Waals surface area contributed by atoms with Crippen molar-refractivity contribution in [2.24, 2.45) is 0 Å². The molecule has 0 spiro atoms. The Morgan fingerprint density at radius 2 is 1.40 bits per heavy atom. The third-order valence-corrected chi connectivity index (χ3v) is 3.75. The van der Waals surface area contributed by atoms with Gasteiger partial charge in [-0.15, -0.1) is 13.2 Å². The van der Waals surface area contributed by atoms with Crippen LogP contribution in [0.1, 0.15) is 16.7 Å². The lowest BCUT2D eigenvalue weighted by molar-refractivity contribution is 0.666. The van der Waals surface area contributed by atoms with Crippen LogP contribution >= 0.6 is 0 Å². The lowest BCUT2D eigenvalue weighted by Gasteiger charge is -2.29. The monoisotopic (exact) mass is 260 g/mol. The molecule has 0 saturated carbocycles. The average molecular weight is 260 g/mol. The van der Waals surface area contributed by atoms with Gasteiger partial charge < -0.3 is 0 Å². The van der Waals surface area contributed by atoms with Crippen molar-refractivity contribution in [3.05, 3.63) is 103 Å². The third kappa shape index (κ3) is 2.65. The number of benzene rings is 2. The first-order valence-corrected chi connectivity index (χ1v) is 6.79. The van der Waals surface area contributed by atoms with Crippen molar-refractivity contribution in [1.29, 1.82) is 0 Å². The van der Waals surface area contributed by atoms with E-state index in [1.165, 1.54) is 11.1 Å². The highest BCUT2D eigenvalue weighted by atomic mass is 14.3. The van der Waals surface area contributed by atoms with Gasteiger partial charge in [-0.25, -0.2) is 0 Å². The Bertz CT molecular complexity index is 597. The van der Waals surface area contributed by atoms with Crippen LogP contribution in [0.15, 0.2) is 86.5 Å². The third-order valence-electron chi connectivity index (χ3n) is 3.75. The number of hydrogen-bond acceptors (Lipinski definition) is 0. The summed E-state index contributed by atoms with van der Waals surface area (Å²) in [6.07, 6.45) is 6.71. The van der Waals surface area contributed by atoms with Crippen molar-refractivity contribution in [1.82, 2.24) is 0 Å². The molecule has 0 aliphatic heterocycles. The van der Waals surface area contributed by atoms with Crippen molar-refractivity contribution in [2.75, 3.05) is 0 Å². The van der Waals surface area contributed by atoms with Crippen molar-refractivity contribution >= 4 is 6.08 Å². The minimum Gasteiger partial charge on any atom is -0.102 e. The second kappa shape index (κ2) is 6.21. The Hall–Kier alpha value is -2.34. The van der Waals surface area contributed by atoms with Gasteiger partial charge in [0.15, 0.2) is 0 Å². The summed E-state index contributed by atoms with van der Waals surface area (Å²) in [7, 11) is 0. The van der Waals surface area contributed by atoms with Crippen LogP contribution in [0.5, 0.6) is 0 Å². The smallest absolute Gasteiger partial charge is 0.0353 e. The van der Waals surface area contributed by atoms with Crippen LogP contribution in [0.2, 0.25) is 0 Å². The molecule has 2 aromatic rings. The largest absolute Gasteiger partial charge is 0.102 e. The fourth-order valence-corrected chi connectivity index (χ4v) is 2.58. The quantitative estimate of drug-likeness (QED) is 0.628. The molecule has 0 bridgehead atoms. The van der Waals surface area contributed by atoms with E-state index in [0.29, 0.717) is 0 Å². The van der Waals surface area contributed by atoms with Gasteiger partial charge in [0.25, 0.3) is 0 Å². The van der Waals surface area contributed by atoms with E-state index in [-0.39, 0.29) is 5.41 Å². The molecule has 0 saturated heterocycles. The first kappa shape index (κ1) is 14.1. The van der Waals surface area contributed by atoms with Crippen molar-refractivity contribution in [3.8, 4) is 0 Å². The highest BCUT2D eigenvalue weighted by Gasteiger charge is 2.27. The Morgan fingerprint density at radius 1 is 0.800 bits per heavy atom. The molecular formula is C20H20. The predicted octanol–water partition coefficient (Wildman–Crippen LogP) is 5.18. The van der Waals surface area contributed by atoms with Gasteiger partial charge in [0.1, 0.15) is 0 Å². The number of allylic oxidation sites excluding steroid dienone is 2. The van der Waals surface area contributed by atoms with E-state index in [0.717, 1.165) is 12.0 Å². The second-order valence-corrected chi connectivity index (χ2v) is 4.90. The van der Waals surface area contributed by atoms with Crippen LogP contribution in [0.3, 0.4) is 0 Å². The minimum absolute atomic E-state index is 0.272. The Labute approximate surface area is 121 Å². The Kier molecular flexibility index (Phi) is 4.37. The highest BCUT2D eigenvalue weighted by molar-refractivity contribution is 5.57. The molecule has 0 heterocycles. The first-order chi connectivity index (χ1) is 9.75. The molecule has 0 amide bonds. The van der Waals surface area contributed by atoms with Gasteiger partial charge in [0.2, 0.25) is 0 Å². The Balaban J connectivity index is 2.52. The Morgan fingerprint density at radius 3 is 2.00 bits per heavy atom. The zero-order valence-corrected chi connectivity index (χ0v) is 11.8. The van der Waals surface area contributed by atoms with Gasteiger partial charge in [0.05, 0.1) is 0 Å². The van der Waals surface area contributed by atoms with Crippen LogP contribution in [-0.4, -0.2) is 0 Å². The summed E-state index contributed by atoms with van der Waals surface area (Å²) in [5.74, 6) is 0. The van der Waals surface area contributed by atoms with E-state index in [2.05, 4.69) is 62.2 Å². The van der Waals surface area contributed by atoms with Crippen molar-refractivity contribution in [3.63, 3.8) is 0 Å². The summed E-state index contributed by atoms with van der Waals surface area (Å²) in [4.78, 5) is 0. The molecule has 0 heteroatoms. The second-order valence-electron chi connectivity index (χ2n) is 4.90. The zero-order chi connectivity index (χ0) is 14.4. The van der Waals surface area contributed by atoms with Crippen LogP contribution in [0.4, 0.5) is 0 Å². The van der Waals surface area contributed by atoms with Gasteiger partial charge in [-0.05, 0) is 23.1 Å². The molecule has 2 rings (SSSR count). The minimum atomic E-state index is -0.272. The van der Waals surface area contributed by atoms with E-state index < -0.39 is 0 Å². The standard InChI is InChI=1S/C20H20/c1-4-18-14-10-11-15-19(18)20(5-2,6-3)16-17-12-8-7-9-13-17/h4-15H,1-3,16H2. The van der Waals surface area contributed by atoms with E-state index >= 15 is 0 Å². The fourth-order valence-electron chi connectivity index (χ4n) is 2.58. The van der Waals surface area contributed by atoms with Gasteiger partial charge in [-0.2, -0.15) is 0 Å². The lowest BCUT2D eigenvalue weighted by atomic mass is 9.74. The first-order valence-electron chi connectivity index (χ1n) is 6.79. The average Bonchev–Trinajstić information content (AvgIpc) is 2.54. The van der Waals surface area contributed by atoms with Gasteiger partial charge >= 0.3 is 0 Å². The summed E-state index contributed by atoms with van der Waals surface area (Å²) in [6, 6.07) is 18.7. The van der Waals surface area contributed by atoms with Crippen LogP contribution in [0.25, 0.3) is 6.08 Å². The zero-order valence-electron chi connectivity index (χ0n) is 11.8. The molecule has 100 valence electrons. The van der Waals surface area contributed by atoms with E-state index in [9.17, 15) is 0 Å². The molecule has 0 aliphatic carbocycles. The fraction of sp³-hybridized carbons (Fsp3) is 0.100. The summed E-state index contributed by atoms with van der Waals surface area (Å²) < 4.78 is 0. The maximum atomic E-state index is 4.05. The van der Waals surface area contributed by atoms with Gasteiger partial charge in [0, 0.05) is 5.41 Å². The maximum Gasteiger partial charge on any atom is 0.0353 e. The maximum absolute atomic E-state index is 4.05. The number of rotatable bonds is 6. The molecule has 0 nitrogen and oxygen atoms in total. The molecular weight excluding hydrogens is 240 g/mol. The van der Waals surface area contributed by atoms with Crippen LogP contribution < -0.4 is 0 Å². The summed E-state index contributed by atoms with van der Waals surface area (Å²) >= 11 is 0. The summed E-state index contributed by atoms with van der Waals surface area (Å²) in [6.45, 7) is 12.0. The topological polar surface area (TPSA) is 0 Å². The molecule has 0 fully saturated rings. The molecule has 2 aromatic carbocycles. The summed E-state index contributed by atoms with van der Waals surface area (Å²) in [5, 5.41) is 0. The van der Waals surface area contributed by atoms with Crippen molar-refractivity contribution < 1.29 is 0 Å². The van der Waals surface area contributed by atoms with E-state index in [1.807, 2.05) is 30.4 Å². The normalized spacial score (nSPS) is 10.8. The predicted molar refractivity (Wildman–Crippen MR) is 88.8 cm³/mol. The van der Waals surface area contributed by atoms with Crippen molar-refractivity contribution in [2.45, 2.75) is 11.8 Å². The molecule has 0 radical (unpaired) electrons. The van der Waals surface area contributed by atoms with E-state index in [4.69, 9.17) is 0 Å². The highest BCUT2D eigenvalue weighted by Crippen LogP contribution is 2.34. The molecule has 0 N–H and O–H groups in total. The van der Waals surface area contributed by atoms with E-state index in [1.54, 1.807) is 0 Å². The van der Waals surface area contributed by atoms with Crippen LogP contribution in [0, 0.1) is 0 Å². The lowest BCUT2D eigenvalue weighted by Crippen LogP contribution is -2.24. The molecule has 0 unspecified atom stereocenters. The summed E-state index contributed by atoms with van der Waals surface area (Å²) in [5.41, 5.74) is 3.32. The molecule has 0 aromatic heterocycles. The molecule has 20 heavy (non-hydrogen) atoms. The molecule has 0 aliphatic rings. The SMILES string of the molecule is C=Cc1ccccc1C(C=C)(C=C)Cc1ccccc1. The van der Waals surface area contributed by atoms with Crippen LogP contribution in [-0.2, 0) is 11.8 Å². The van der Waals surface area contributed by atoms with Gasteiger partial charge in [-0.1, -0.05) is 79.4 Å². The molecule has 0 atom stereocenters. The number of hydrogen-bond donors (Lipinski definition) is 0.